The van der Waals surface area contributed by atoms with Crippen molar-refractivity contribution in [3.05, 3.63) is 51.3 Å². The van der Waals surface area contributed by atoms with Crippen molar-refractivity contribution >= 4 is 33.9 Å². The summed E-state index contributed by atoms with van der Waals surface area (Å²) in [4.78, 5) is 14.6. The first-order valence-electron chi connectivity index (χ1n) is 10.3. The van der Waals surface area contributed by atoms with E-state index in [1.807, 2.05) is 11.8 Å². The maximum atomic E-state index is 14.4. The lowest BCUT2D eigenvalue weighted by Crippen LogP contribution is -2.39. The predicted molar refractivity (Wildman–Crippen MR) is 120 cm³/mol. The number of aromatic nitrogens is 3. The van der Waals surface area contributed by atoms with Crippen LogP contribution in [0.25, 0.3) is 11.3 Å². The topological polar surface area (TPSA) is 80.0 Å². The second-order valence-electron chi connectivity index (χ2n) is 8.03. The minimum absolute atomic E-state index is 0.0515. The van der Waals surface area contributed by atoms with E-state index < -0.39 is 23.4 Å². The number of nitrogens with two attached hydrogens (primary N) is 1. The van der Waals surface area contributed by atoms with Crippen LogP contribution in [-0.2, 0) is 12.7 Å². The number of aryl methyl sites for hydroxylation is 1. The Hall–Kier alpha value is -2.41. The van der Waals surface area contributed by atoms with E-state index in [2.05, 4.69) is 20.3 Å². The second kappa shape index (κ2) is 9.33. The molecule has 3 N–H and O–H groups in total. The van der Waals surface area contributed by atoms with Crippen molar-refractivity contribution in [2.45, 2.75) is 51.6 Å². The van der Waals surface area contributed by atoms with Gasteiger partial charge in [0.05, 0.1) is 17.4 Å². The van der Waals surface area contributed by atoms with Gasteiger partial charge < -0.3 is 11.1 Å². The first kappa shape index (κ1) is 24.7. The van der Waals surface area contributed by atoms with E-state index in [9.17, 15) is 22.0 Å². The molecule has 3 heterocycles. The Kier molecular flexibility index (Phi) is 6.78. The number of halogens is 6. The van der Waals surface area contributed by atoms with E-state index in [4.69, 9.17) is 17.3 Å². The first-order chi connectivity index (χ1) is 15.9. The number of nitrogens with zero attached hydrogens (tertiary/aromatic N) is 4. The van der Waals surface area contributed by atoms with Gasteiger partial charge in [0.25, 0.3) is 0 Å². The van der Waals surface area contributed by atoms with Gasteiger partial charge in [-0.1, -0.05) is 22.9 Å². The van der Waals surface area contributed by atoms with Gasteiger partial charge in [-0.05, 0) is 44.9 Å². The zero-order valence-corrected chi connectivity index (χ0v) is 19.6. The fourth-order valence-corrected chi connectivity index (χ4v) is 5.05. The minimum Gasteiger partial charge on any atom is -0.316 e. The molecule has 3 aromatic rings. The highest BCUT2D eigenvalue weighted by atomic mass is 35.5. The average Bonchev–Trinajstić information content (AvgIpc) is 3.28. The Morgan fingerprint density at radius 3 is 2.56 bits per heavy atom. The summed E-state index contributed by atoms with van der Waals surface area (Å²) in [6.45, 7) is 3.80. The molecule has 0 unspecified atom stereocenters. The number of anilines is 2. The van der Waals surface area contributed by atoms with E-state index in [0.29, 0.717) is 10.9 Å². The van der Waals surface area contributed by atoms with Crippen molar-refractivity contribution in [2.75, 3.05) is 5.32 Å². The van der Waals surface area contributed by atoms with Crippen molar-refractivity contribution in [3.8, 4) is 11.3 Å². The third-order valence-corrected chi connectivity index (χ3v) is 6.75. The monoisotopic (exact) mass is 518 g/mol. The van der Waals surface area contributed by atoms with E-state index >= 15 is 0 Å². The van der Waals surface area contributed by atoms with E-state index in [1.54, 1.807) is 0 Å². The van der Waals surface area contributed by atoms with Crippen LogP contribution in [0.2, 0.25) is 5.15 Å². The summed E-state index contributed by atoms with van der Waals surface area (Å²) in [7, 11) is 0. The Balaban J connectivity index is 1.79. The molecule has 1 aromatic carbocycles. The van der Waals surface area contributed by atoms with Crippen molar-refractivity contribution < 1.29 is 22.0 Å². The average molecular weight is 519 g/mol. The summed E-state index contributed by atoms with van der Waals surface area (Å²) in [5.74, 6) is -1.96. The molecule has 0 aliphatic carbocycles. The lowest BCUT2D eigenvalue weighted by Gasteiger charge is -2.25. The molecule has 34 heavy (non-hydrogen) atoms. The van der Waals surface area contributed by atoms with Crippen LogP contribution in [0.4, 0.5) is 32.9 Å². The minimum atomic E-state index is -4.74. The number of nitrogens with one attached hydrogen (secondary N) is 1. The SMILES string of the molecule is Cc1nc(Cl)c(F)c(Nc2nc(-c3cc(F)cc(C(F)(F)F)c3)c(CN3[C@H](C)CC[C@H]3N)s2)n1. The molecule has 0 amide bonds. The number of rotatable bonds is 5. The largest absolute Gasteiger partial charge is 0.416 e. The molecule has 1 aliphatic heterocycles. The van der Waals surface area contributed by atoms with Crippen LogP contribution in [0.3, 0.4) is 0 Å². The summed E-state index contributed by atoms with van der Waals surface area (Å²) in [6.07, 6.45) is -3.34. The van der Waals surface area contributed by atoms with Gasteiger partial charge in [0, 0.05) is 23.0 Å². The molecule has 0 spiro atoms. The molecular weight excluding hydrogens is 499 g/mol. The second-order valence-corrected chi connectivity index (χ2v) is 9.47. The van der Waals surface area contributed by atoms with E-state index in [1.165, 1.54) is 6.92 Å². The Bertz CT molecular complexity index is 1210. The van der Waals surface area contributed by atoms with Gasteiger partial charge in [-0.3, -0.25) is 4.90 Å². The summed E-state index contributed by atoms with van der Waals surface area (Å²) >= 11 is 6.88. The summed E-state index contributed by atoms with van der Waals surface area (Å²) in [5, 5.41) is 2.49. The fraction of sp³-hybridized carbons (Fsp3) is 0.381. The molecule has 0 bridgehead atoms. The molecule has 6 nitrogen and oxygen atoms in total. The van der Waals surface area contributed by atoms with Crippen LogP contribution < -0.4 is 11.1 Å². The molecule has 1 saturated heterocycles. The number of hydrogen-bond donors (Lipinski definition) is 2. The quantitative estimate of drug-likeness (QED) is 0.325. The number of benzene rings is 1. The van der Waals surface area contributed by atoms with Gasteiger partial charge in [-0.15, -0.1) is 0 Å². The zero-order valence-electron chi connectivity index (χ0n) is 18.1. The smallest absolute Gasteiger partial charge is 0.316 e. The molecule has 0 saturated carbocycles. The number of hydrogen-bond acceptors (Lipinski definition) is 7. The molecule has 2 atom stereocenters. The van der Waals surface area contributed by atoms with Crippen LogP contribution in [0.1, 0.15) is 36.0 Å². The van der Waals surface area contributed by atoms with Crippen molar-refractivity contribution in [2.24, 2.45) is 5.73 Å². The van der Waals surface area contributed by atoms with Crippen LogP contribution >= 0.6 is 22.9 Å². The Morgan fingerprint density at radius 2 is 1.91 bits per heavy atom. The molecule has 13 heteroatoms. The van der Waals surface area contributed by atoms with Gasteiger partial charge in [0.2, 0.25) is 5.82 Å². The summed E-state index contributed by atoms with van der Waals surface area (Å²) < 4.78 is 68.5. The molecule has 2 aromatic heterocycles. The molecule has 1 aliphatic rings. The maximum absolute atomic E-state index is 14.4. The highest BCUT2D eigenvalue weighted by Crippen LogP contribution is 2.39. The maximum Gasteiger partial charge on any atom is 0.416 e. The van der Waals surface area contributed by atoms with Gasteiger partial charge in [0.1, 0.15) is 11.6 Å². The Morgan fingerprint density at radius 1 is 1.18 bits per heavy atom. The molecule has 0 radical (unpaired) electrons. The third-order valence-electron chi connectivity index (χ3n) is 5.54. The zero-order chi connectivity index (χ0) is 24.8. The molecular formula is C21H20ClF5N6S. The predicted octanol–water partition coefficient (Wildman–Crippen LogP) is 5.87. The van der Waals surface area contributed by atoms with Crippen LogP contribution in [0, 0.1) is 18.6 Å². The van der Waals surface area contributed by atoms with Crippen LogP contribution in [-0.4, -0.2) is 32.1 Å². The normalized spacial score (nSPS) is 19.1. The van der Waals surface area contributed by atoms with Crippen molar-refractivity contribution in [1.82, 2.24) is 19.9 Å². The van der Waals surface area contributed by atoms with Gasteiger partial charge >= 0.3 is 6.18 Å². The van der Waals surface area contributed by atoms with Gasteiger partial charge in [-0.2, -0.15) is 17.6 Å². The summed E-state index contributed by atoms with van der Waals surface area (Å²) in [5.41, 5.74) is 5.15. The lowest BCUT2D eigenvalue weighted by molar-refractivity contribution is -0.137. The van der Waals surface area contributed by atoms with Crippen molar-refractivity contribution in [3.63, 3.8) is 0 Å². The van der Waals surface area contributed by atoms with Gasteiger partial charge in [-0.25, -0.2) is 19.3 Å². The van der Waals surface area contributed by atoms with E-state index in [0.717, 1.165) is 36.3 Å². The Labute approximate surface area is 201 Å². The fourth-order valence-electron chi connectivity index (χ4n) is 3.85. The highest BCUT2D eigenvalue weighted by Gasteiger charge is 2.33. The third kappa shape index (κ3) is 5.14. The highest BCUT2D eigenvalue weighted by molar-refractivity contribution is 7.16. The summed E-state index contributed by atoms with van der Waals surface area (Å²) in [6, 6.07) is 2.39. The lowest BCUT2D eigenvalue weighted by atomic mass is 10.1. The number of likely N-dealkylation sites (tertiary alicyclic amines) is 1. The number of thiazole rings is 1. The first-order valence-corrected chi connectivity index (χ1v) is 11.5. The molecule has 182 valence electrons. The van der Waals surface area contributed by atoms with Crippen molar-refractivity contribution in [1.29, 1.82) is 0 Å². The van der Waals surface area contributed by atoms with Crippen LogP contribution in [0.5, 0.6) is 0 Å². The molecule has 1 fully saturated rings. The number of alkyl halides is 3. The molecule has 4 rings (SSSR count). The van der Waals surface area contributed by atoms with Gasteiger partial charge in [0.15, 0.2) is 16.1 Å². The standard InChI is InChI=1S/C21H20ClF5N6S/c1-9-3-4-15(28)33(9)8-14-17(11-5-12(21(25,26)27)7-13(23)6-11)31-20(34-14)32-19-16(24)18(22)29-10(2)30-19/h5-7,9,15H,3-4,8,28H2,1-2H3,(H,29,30,31,32)/t9-,15+/m1/s1. The van der Waals surface area contributed by atoms with E-state index in [-0.39, 0.29) is 51.9 Å². The van der Waals surface area contributed by atoms with Crippen LogP contribution in [0.15, 0.2) is 18.2 Å².